The largest absolute Gasteiger partial charge is 0.380 e. The van der Waals surface area contributed by atoms with E-state index in [1.807, 2.05) is 36.4 Å². The van der Waals surface area contributed by atoms with Crippen molar-refractivity contribution in [3.63, 3.8) is 0 Å². The third-order valence-corrected chi connectivity index (χ3v) is 3.96. The zero-order chi connectivity index (χ0) is 15.8. The second kappa shape index (κ2) is 5.49. The minimum Gasteiger partial charge on any atom is -0.380 e. The maximum atomic E-state index is 10.7. The van der Waals surface area contributed by atoms with Crippen molar-refractivity contribution in [3.05, 3.63) is 77.6 Å². The molecule has 3 heterocycles. The number of imidazole rings is 1. The Kier molecular flexibility index (Phi) is 3.33. The molecular formula is C16H12ClN5O. The Morgan fingerprint density at radius 2 is 1.91 bits per heavy atom. The van der Waals surface area contributed by atoms with Crippen molar-refractivity contribution in [1.29, 1.82) is 0 Å². The lowest BCUT2D eigenvalue weighted by atomic mass is 10.1. The smallest absolute Gasteiger partial charge is 0.141 e. The highest BCUT2D eigenvalue weighted by Gasteiger charge is 2.21. The van der Waals surface area contributed by atoms with E-state index >= 15 is 0 Å². The van der Waals surface area contributed by atoms with Gasteiger partial charge in [-0.1, -0.05) is 35.0 Å². The molecule has 23 heavy (non-hydrogen) atoms. The summed E-state index contributed by atoms with van der Waals surface area (Å²) in [7, 11) is 0. The monoisotopic (exact) mass is 325 g/mol. The van der Waals surface area contributed by atoms with Gasteiger partial charge in [-0.15, -0.1) is 5.10 Å². The van der Waals surface area contributed by atoms with E-state index in [1.165, 1.54) is 0 Å². The molecule has 114 valence electrons. The van der Waals surface area contributed by atoms with Crippen LogP contribution in [-0.4, -0.2) is 29.5 Å². The molecule has 0 bridgehead atoms. The van der Waals surface area contributed by atoms with Crippen molar-refractivity contribution in [2.24, 2.45) is 0 Å². The van der Waals surface area contributed by atoms with Crippen molar-refractivity contribution in [3.8, 4) is 5.69 Å². The van der Waals surface area contributed by atoms with Crippen LogP contribution < -0.4 is 0 Å². The van der Waals surface area contributed by atoms with E-state index in [-0.39, 0.29) is 0 Å². The number of halogens is 1. The number of aromatic nitrogens is 5. The molecule has 0 saturated carbocycles. The Hall–Kier alpha value is -2.70. The topological polar surface area (TPSA) is 68.2 Å². The molecule has 1 N–H and O–H groups in total. The third kappa shape index (κ3) is 2.38. The predicted octanol–water partition coefficient (Wildman–Crippen LogP) is 2.65. The summed E-state index contributed by atoms with van der Waals surface area (Å²) >= 11 is 6.27. The highest BCUT2D eigenvalue weighted by Crippen LogP contribution is 2.28. The van der Waals surface area contributed by atoms with Crippen LogP contribution in [0.15, 0.2) is 61.2 Å². The molecule has 0 saturated heterocycles. The van der Waals surface area contributed by atoms with Crippen molar-refractivity contribution >= 4 is 17.1 Å². The quantitative estimate of drug-likeness (QED) is 0.629. The average molecular weight is 326 g/mol. The number of hydrogen-bond acceptors (Lipinski definition) is 4. The molecular weight excluding hydrogens is 314 g/mol. The van der Waals surface area contributed by atoms with Gasteiger partial charge >= 0.3 is 0 Å². The zero-order valence-corrected chi connectivity index (χ0v) is 12.7. The highest BCUT2D eigenvalue weighted by molar-refractivity contribution is 6.31. The van der Waals surface area contributed by atoms with E-state index in [2.05, 4.69) is 15.3 Å². The van der Waals surface area contributed by atoms with Gasteiger partial charge in [-0.25, -0.2) is 9.67 Å². The summed E-state index contributed by atoms with van der Waals surface area (Å²) in [6.07, 6.45) is 4.00. The summed E-state index contributed by atoms with van der Waals surface area (Å²) in [5.74, 6) is 0. The predicted molar refractivity (Wildman–Crippen MR) is 85.6 cm³/mol. The molecule has 0 aliphatic heterocycles. The lowest BCUT2D eigenvalue weighted by Crippen LogP contribution is -2.07. The van der Waals surface area contributed by atoms with Crippen LogP contribution in [0.3, 0.4) is 0 Å². The number of aliphatic hydroxyl groups excluding tert-OH is 1. The van der Waals surface area contributed by atoms with Crippen molar-refractivity contribution in [2.75, 3.05) is 0 Å². The first-order chi connectivity index (χ1) is 11.2. The molecule has 0 aliphatic rings. The van der Waals surface area contributed by atoms with Crippen LogP contribution in [-0.2, 0) is 0 Å². The molecule has 0 spiro atoms. The second-order valence-electron chi connectivity index (χ2n) is 5.08. The molecule has 0 fully saturated rings. The zero-order valence-electron chi connectivity index (χ0n) is 11.9. The summed E-state index contributed by atoms with van der Waals surface area (Å²) in [5, 5.41) is 19.3. The summed E-state index contributed by atoms with van der Waals surface area (Å²) in [5.41, 5.74) is 2.64. The Balaban J connectivity index is 1.77. The van der Waals surface area contributed by atoms with Crippen LogP contribution in [0.2, 0.25) is 5.02 Å². The van der Waals surface area contributed by atoms with Crippen molar-refractivity contribution in [2.45, 2.75) is 6.10 Å². The summed E-state index contributed by atoms with van der Waals surface area (Å²) in [4.78, 5) is 4.08. The fourth-order valence-electron chi connectivity index (χ4n) is 2.50. The summed E-state index contributed by atoms with van der Waals surface area (Å²) in [6, 6.07) is 13.1. The van der Waals surface area contributed by atoms with Crippen molar-refractivity contribution in [1.82, 2.24) is 24.4 Å². The van der Waals surface area contributed by atoms with E-state index in [9.17, 15) is 5.11 Å². The first-order valence-corrected chi connectivity index (χ1v) is 7.38. The Bertz CT molecular complexity index is 963. The van der Waals surface area contributed by atoms with Gasteiger partial charge < -0.3 is 5.11 Å². The van der Waals surface area contributed by atoms with Gasteiger partial charge in [0.05, 0.1) is 40.6 Å². The first-order valence-electron chi connectivity index (χ1n) is 7.00. The van der Waals surface area contributed by atoms with Crippen LogP contribution in [0.1, 0.15) is 17.5 Å². The normalized spacial score (nSPS) is 12.6. The van der Waals surface area contributed by atoms with Gasteiger partial charge in [0.1, 0.15) is 11.8 Å². The van der Waals surface area contributed by atoms with E-state index in [4.69, 9.17) is 11.6 Å². The molecule has 6 nitrogen and oxygen atoms in total. The lowest BCUT2D eigenvalue weighted by molar-refractivity contribution is 0.209. The molecule has 0 amide bonds. The highest BCUT2D eigenvalue weighted by atomic mass is 35.5. The number of rotatable bonds is 3. The summed E-state index contributed by atoms with van der Waals surface area (Å²) in [6.45, 7) is 0. The number of nitrogens with zero attached hydrogens (tertiary/aromatic N) is 5. The number of benzene rings is 1. The summed E-state index contributed by atoms with van der Waals surface area (Å²) < 4.78 is 3.36. The van der Waals surface area contributed by atoms with Gasteiger partial charge in [0.25, 0.3) is 0 Å². The average Bonchev–Trinajstić information content (AvgIpc) is 3.24. The Morgan fingerprint density at radius 3 is 2.74 bits per heavy atom. The molecule has 7 heteroatoms. The molecule has 4 rings (SSSR count). The number of aliphatic hydroxyl groups is 1. The minimum absolute atomic E-state index is 0.414. The maximum absolute atomic E-state index is 10.7. The SMILES string of the molecule is O[C@@H](c1cn(-c2ccccc2)nn1)c1c(Cl)ccc2cncn12. The van der Waals surface area contributed by atoms with Gasteiger partial charge in [0.15, 0.2) is 0 Å². The number of pyridine rings is 1. The van der Waals surface area contributed by atoms with E-state index in [0.29, 0.717) is 16.4 Å². The van der Waals surface area contributed by atoms with Crippen molar-refractivity contribution < 1.29 is 5.11 Å². The number of fused-ring (bicyclic) bond motifs is 1. The first kappa shape index (κ1) is 13.9. The maximum Gasteiger partial charge on any atom is 0.141 e. The third-order valence-electron chi connectivity index (χ3n) is 3.64. The molecule has 0 unspecified atom stereocenters. The van der Waals surface area contributed by atoms with E-state index < -0.39 is 6.10 Å². The lowest BCUT2D eigenvalue weighted by Gasteiger charge is -2.12. The van der Waals surface area contributed by atoms with Crippen LogP contribution in [0.5, 0.6) is 0 Å². The van der Waals surface area contributed by atoms with Gasteiger partial charge in [-0.2, -0.15) is 0 Å². The van der Waals surface area contributed by atoms with E-state index in [1.54, 1.807) is 33.9 Å². The molecule has 4 aromatic rings. The van der Waals surface area contributed by atoms with Gasteiger partial charge in [0, 0.05) is 0 Å². The molecule has 3 aromatic heterocycles. The molecule has 1 atom stereocenters. The van der Waals surface area contributed by atoms with Crippen LogP contribution >= 0.6 is 11.6 Å². The fourth-order valence-corrected chi connectivity index (χ4v) is 2.76. The minimum atomic E-state index is -1.00. The van der Waals surface area contributed by atoms with Gasteiger partial charge in [0.2, 0.25) is 0 Å². The van der Waals surface area contributed by atoms with Crippen LogP contribution in [0.4, 0.5) is 0 Å². The standard InChI is InChI=1S/C16H12ClN5O/c17-13-7-6-12-8-18-10-21(12)15(13)16(23)14-9-22(20-19-14)11-4-2-1-3-5-11/h1-10,16,23H/t16-/m0/s1. The molecule has 0 aliphatic carbocycles. The van der Waals surface area contributed by atoms with Crippen LogP contribution in [0, 0.1) is 0 Å². The van der Waals surface area contributed by atoms with Gasteiger partial charge in [-0.05, 0) is 24.3 Å². The Labute approximate surface area is 136 Å². The second-order valence-corrected chi connectivity index (χ2v) is 5.49. The number of hydrogen-bond donors (Lipinski definition) is 1. The Morgan fingerprint density at radius 1 is 1.09 bits per heavy atom. The van der Waals surface area contributed by atoms with Gasteiger partial charge in [-0.3, -0.25) is 4.40 Å². The molecule has 1 aromatic carbocycles. The molecule has 0 radical (unpaired) electrons. The van der Waals surface area contributed by atoms with Crippen LogP contribution in [0.25, 0.3) is 11.2 Å². The van der Waals surface area contributed by atoms with E-state index in [0.717, 1.165) is 11.2 Å². The fraction of sp³-hybridized carbons (Fsp3) is 0.0625. The number of para-hydroxylation sites is 1.